The van der Waals surface area contributed by atoms with Crippen LogP contribution >= 0.6 is 27.5 Å². The van der Waals surface area contributed by atoms with Crippen molar-refractivity contribution in [3.05, 3.63) is 51.0 Å². The van der Waals surface area contributed by atoms with E-state index in [1.165, 1.54) is 6.07 Å². The number of halogens is 3. The minimum Gasteiger partial charge on any atom is -0.271 e. The number of hydrogen-bond acceptors (Lipinski definition) is 3. The maximum Gasteiger partial charge on any atom is 0.142 e. The highest BCUT2D eigenvalue weighted by Crippen LogP contribution is 2.32. The van der Waals surface area contributed by atoms with Gasteiger partial charge in [-0.05, 0) is 27.6 Å². The lowest BCUT2D eigenvalue weighted by Crippen LogP contribution is -2.31. The molecule has 3 N–H and O–H groups in total. The molecule has 2 rings (SSSR count). The summed E-state index contributed by atoms with van der Waals surface area (Å²) in [6.07, 6.45) is 1.65. The summed E-state index contributed by atoms with van der Waals surface area (Å²) in [6, 6.07) is 4.16. The molecule has 2 aromatic rings. The monoisotopic (exact) mass is 332 g/mol. The zero-order chi connectivity index (χ0) is 13.3. The molecule has 0 spiro atoms. The minimum atomic E-state index is -0.479. The van der Waals surface area contributed by atoms with Crippen LogP contribution in [0.5, 0.6) is 0 Å². The summed E-state index contributed by atoms with van der Waals surface area (Å²) >= 11 is 9.36. The SMILES string of the molecule is Cn1ncc(Br)c1C(NN)c1cccc(F)c1Cl. The van der Waals surface area contributed by atoms with Crippen molar-refractivity contribution in [2.45, 2.75) is 6.04 Å². The van der Waals surface area contributed by atoms with Gasteiger partial charge in [-0.15, -0.1) is 0 Å². The predicted molar refractivity (Wildman–Crippen MR) is 71.5 cm³/mol. The lowest BCUT2D eigenvalue weighted by molar-refractivity contribution is 0.565. The van der Waals surface area contributed by atoms with Crippen molar-refractivity contribution in [3.63, 3.8) is 0 Å². The Labute approximate surface area is 117 Å². The number of aromatic nitrogens is 2. The van der Waals surface area contributed by atoms with Crippen molar-refractivity contribution in [1.29, 1.82) is 0 Å². The average molecular weight is 334 g/mol. The van der Waals surface area contributed by atoms with E-state index in [1.54, 1.807) is 30.1 Å². The van der Waals surface area contributed by atoms with E-state index in [2.05, 4.69) is 26.5 Å². The summed E-state index contributed by atoms with van der Waals surface area (Å²) in [7, 11) is 1.78. The predicted octanol–water partition coefficient (Wildman–Crippen LogP) is 2.53. The van der Waals surface area contributed by atoms with Gasteiger partial charge in [-0.2, -0.15) is 5.10 Å². The Morgan fingerprint density at radius 1 is 1.56 bits per heavy atom. The molecule has 1 atom stereocenters. The Bertz CT molecular complexity index is 553. The number of nitrogens with one attached hydrogen (secondary N) is 1. The third-order valence-electron chi connectivity index (χ3n) is 2.67. The van der Waals surface area contributed by atoms with Gasteiger partial charge in [0, 0.05) is 7.05 Å². The average Bonchev–Trinajstić information content (AvgIpc) is 2.67. The van der Waals surface area contributed by atoms with E-state index in [9.17, 15) is 4.39 Å². The number of hydrogen-bond donors (Lipinski definition) is 2. The highest BCUT2D eigenvalue weighted by Gasteiger charge is 2.22. The van der Waals surface area contributed by atoms with Crippen molar-refractivity contribution in [2.75, 3.05) is 0 Å². The molecule has 0 saturated heterocycles. The molecule has 0 fully saturated rings. The van der Waals surface area contributed by atoms with Crippen LogP contribution in [0.1, 0.15) is 17.3 Å². The van der Waals surface area contributed by atoms with Gasteiger partial charge in [0.25, 0.3) is 0 Å². The molecule has 1 unspecified atom stereocenters. The molecule has 1 heterocycles. The van der Waals surface area contributed by atoms with Crippen molar-refractivity contribution < 1.29 is 4.39 Å². The Morgan fingerprint density at radius 2 is 2.28 bits per heavy atom. The summed E-state index contributed by atoms with van der Waals surface area (Å²) in [5, 5.41) is 4.15. The molecule has 96 valence electrons. The van der Waals surface area contributed by atoms with Gasteiger partial charge in [0.05, 0.1) is 27.4 Å². The third kappa shape index (κ3) is 2.29. The number of nitrogens with two attached hydrogens (primary N) is 1. The van der Waals surface area contributed by atoms with Crippen molar-refractivity contribution in [3.8, 4) is 0 Å². The van der Waals surface area contributed by atoms with Crippen LogP contribution < -0.4 is 11.3 Å². The number of hydrazine groups is 1. The summed E-state index contributed by atoms with van der Waals surface area (Å²) in [6.45, 7) is 0. The fraction of sp³-hybridized carbons (Fsp3) is 0.182. The molecule has 7 heteroatoms. The molecule has 1 aromatic heterocycles. The Hall–Kier alpha value is -0.950. The lowest BCUT2D eigenvalue weighted by atomic mass is 10.0. The van der Waals surface area contributed by atoms with E-state index >= 15 is 0 Å². The lowest BCUT2D eigenvalue weighted by Gasteiger charge is -2.19. The van der Waals surface area contributed by atoms with E-state index in [-0.39, 0.29) is 5.02 Å². The topological polar surface area (TPSA) is 55.9 Å². The van der Waals surface area contributed by atoms with E-state index in [0.29, 0.717) is 5.56 Å². The van der Waals surface area contributed by atoms with Crippen molar-refractivity contribution in [1.82, 2.24) is 15.2 Å². The van der Waals surface area contributed by atoms with Crippen LogP contribution in [0.25, 0.3) is 0 Å². The molecule has 0 aliphatic heterocycles. The molecular weight excluding hydrogens is 323 g/mol. The van der Waals surface area contributed by atoms with Crippen molar-refractivity contribution >= 4 is 27.5 Å². The second-order valence-electron chi connectivity index (χ2n) is 3.74. The minimum absolute atomic E-state index is 0.0496. The first-order chi connectivity index (χ1) is 8.56. The maximum atomic E-state index is 13.5. The first-order valence-corrected chi connectivity index (χ1v) is 6.30. The first kappa shape index (κ1) is 13.5. The molecule has 18 heavy (non-hydrogen) atoms. The molecule has 0 aliphatic rings. The van der Waals surface area contributed by atoms with Gasteiger partial charge in [0.15, 0.2) is 0 Å². The first-order valence-electron chi connectivity index (χ1n) is 5.13. The largest absolute Gasteiger partial charge is 0.271 e. The van der Waals surface area contributed by atoms with Gasteiger partial charge in [0.2, 0.25) is 0 Å². The fourth-order valence-corrected chi connectivity index (χ4v) is 2.62. The van der Waals surface area contributed by atoms with Gasteiger partial charge in [-0.3, -0.25) is 10.5 Å². The maximum absolute atomic E-state index is 13.5. The standard InChI is InChI=1S/C11H11BrClFN4/c1-18-11(7(12)5-16-18)10(17-15)6-3-2-4-8(14)9(6)13/h2-5,10,17H,15H2,1H3. The van der Waals surface area contributed by atoms with Crippen LogP contribution in [0.4, 0.5) is 4.39 Å². The molecule has 4 nitrogen and oxygen atoms in total. The molecule has 0 amide bonds. The number of rotatable bonds is 3. The number of benzene rings is 1. The van der Waals surface area contributed by atoms with Gasteiger partial charge in [0.1, 0.15) is 5.82 Å². The van der Waals surface area contributed by atoms with E-state index in [0.717, 1.165) is 10.2 Å². The summed E-state index contributed by atoms with van der Waals surface area (Å²) in [5.74, 6) is 5.08. The smallest absolute Gasteiger partial charge is 0.142 e. The third-order valence-corrected chi connectivity index (χ3v) is 3.68. The molecular formula is C11H11BrClFN4. The van der Waals surface area contributed by atoms with Crippen molar-refractivity contribution in [2.24, 2.45) is 12.9 Å². The normalized spacial score (nSPS) is 12.7. The molecule has 0 radical (unpaired) electrons. The molecule has 0 bridgehead atoms. The number of aryl methyl sites for hydroxylation is 1. The zero-order valence-electron chi connectivity index (χ0n) is 9.49. The second-order valence-corrected chi connectivity index (χ2v) is 4.98. The van der Waals surface area contributed by atoms with Gasteiger partial charge in [-0.25, -0.2) is 9.82 Å². The highest BCUT2D eigenvalue weighted by atomic mass is 79.9. The van der Waals surface area contributed by atoms with Gasteiger partial charge >= 0.3 is 0 Å². The summed E-state index contributed by atoms with van der Waals surface area (Å²) in [4.78, 5) is 0. The summed E-state index contributed by atoms with van der Waals surface area (Å²) in [5.41, 5.74) is 3.96. The van der Waals surface area contributed by atoms with E-state index in [4.69, 9.17) is 17.4 Å². The molecule has 0 saturated carbocycles. The summed E-state index contributed by atoms with van der Waals surface area (Å²) < 4.78 is 15.9. The van der Waals surface area contributed by atoms with E-state index in [1.807, 2.05) is 0 Å². The van der Waals surface area contributed by atoms with Crippen LogP contribution in [-0.2, 0) is 7.05 Å². The van der Waals surface area contributed by atoms with Crippen LogP contribution in [-0.4, -0.2) is 9.78 Å². The van der Waals surface area contributed by atoms with Crippen LogP contribution in [0.15, 0.2) is 28.9 Å². The Kier molecular flexibility index (Phi) is 4.01. The van der Waals surface area contributed by atoms with E-state index < -0.39 is 11.9 Å². The molecule has 1 aromatic carbocycles. The Morgan fingerprint density at radius 3 is 2.83 bits per heavy atom. The van der Waals surface area contributed by atoms with Crippen LogP contribution in [0.2, 0.25) is 5.02 Å². The second kappa shape index (κ2) is 5.36. The van der Waals surface area contributed by atoms with Gasteiger partial charge < -0.3 is 0 Å². The van der Waals surface area contributed by atoms with Crippen LogP contribution in [0.3, 0.4) is 0 Å². The quantitative estimate of drug-likeness (QED) is 0.670. The number of nitrogens with zero attached hydrogens (tertiary/aromatic N) is 2. The highest BCUT2D eigenvalue weighted by molar-refractivity contribution is 9.10. The van der Waals surface area contributed by atoms with Gasteiger partial charge in [-0.1, -0.05) is 23.7 Å². The molecule has 0 aliphatic carbocycles. The zero-order valence-corrected chi connectivity index (χ0v) is 11.8. The fourth-order valence-electron chi connectivity index (χ4n) is 1.80. The Balaban J connectivity index is 2.56. The van der Waals surface area contributed by atoms with Crippen LogP contribution in [0, 0.1) is 5.82 Å².